The summed E-state index contributed by atoms with van der Waals surface area (Å²) in [5.74, 6) is -3.79. The van der Waals surface area contributed by atoms with E-state index in [2.05, 4.69) is 122 Å². The van der Waals surface area contributed by atoms with Gasteiger partial charge in [-0.1, -0.05) is 149 Å². The third kappa shape index (κ3) is 37.3. The number of nitrogens with one attached hydrogen (secondary N) is 2. The van der Waals surface area contributed by atoms with Crippen molar-refractivity contribution in [3.63, 3.8) is 0 Å². The summed E-state index contributed by atoms with van der Waals surface area (Å²) in [6.45, 7) is 8.45. The molecule has 0 bridgehead atoms. The van der Waals surface area contributed by atoms with Crippen LogP contribution in [0.2, 0.25) is 0 Å². The van der Waals surface area contributed by atoms with Crippen LogP contribution in [0.5, 0.6) is 0 Å². The number of carbonyl (C=O) groups excluding carboxylic acids is 7. The number of amides is 6. The number of esters is 1. The van der Waals surface area contributed by atoms with Crippen LogP contribution in [0, 0.1) is 0 Å². The van der Waals surface area contributed by atoms with Crippen molar-refractivity contribution < 1.29 is 48.2 Å². The minimum Gasteiger partial charge on any atom is -0.481 e. The molecule has 0 aromatic rings. The van der Waals surface area contributed by atoms with Gasteiger partial charge in [0.1, 0.15) is 18.0 Å². The fourth-order valence-electron chi connectivity index (χ4n) is 6.97. The number of imide groups is 2. The first-order chi connectivity index (χ1) is 35.4. The molecule has 14 nitrogen and oxygen atoms in total. The van der Waals surface area contributed by atoms with E-state index >= 15 is 0 Å². The van der Waals surface area contributed by atoms with Gasteiger partial charge in [0.25, 0.3) is 5.91 Å². The topological polar surface area (TPSA) is 197 Å². The predicted molar refractivity (Wildman–Crippen MR) is 293 cm³/mol. The number of hydrogen-bond donors (Lipinski definition) is 3. The van der Waals surface area contributed by atoms with Crippen molar-refractivity contribution in [1.29, 1.82) is 0 Å². The number of aliphatic carboxylic acids is 1. The van der Waals surface area contributed by atoms with Gasteiger partial charge < -0.3 is 19.6 Å². The minimum atomic E-state index is -0.740. The van der Waals surface area contributed by atoms with Gasteiger partial charge in [-0.3, -0.25) is 49.0 Å². The molecule has 0 radical (unpaired) electrons. The predicted octanol–water partition coefficient (Wildman–Crippen LogP) is 11.0. The van der Waals surface area contributed by atoms with E-state index in [0.29, 0.717) is 58.0 Å². The highest BCUT2D eigenvalue weighted by molar-refractivity contribution is 6.28. The second kappa shape index (κ2) is 46.9. The largest absolute Gasteiger partial charge is 0.481 e. The number of nitrogens with zero attached hydrogens (tertiary/aromatic N) is 2. The highest BCUT2D eigenvalue weighted by atomic mass is 35.5. The average Bonchev–Trinajstić information content (AvgIpc) is 4.00. The van der Waals surface area contributed by atoms with E-state index in [4.69, 9.17) is 21.4 Å². The Morgan fingerprint density at radius 2 is 0.849 bits per heavy atom. The molecule has 0 saturated carbocycles. The van der Waals surface area contributed by atoms with Crippen molar-refractivity contribution in [1.82, 2.24) is 20.4 Å². The summed E-state index contributed by atoms with van der Waals surface area (Å²) in [6.07, 6.45) is 56.7. The van der Waals surface area contributed by atoms with Gasteiger partial charge in [0.2, 0.25) is 29.5 Å². The van der Waals surface area contributed by atoms with E-state index in [-0.39, 0.29) is 30.5 Å². The van der Waals surface area contributed by atoms with E-state index in [1.807, 2.05) is 24.3 Å². The molecule has 73 heavy (non-hydrogen) atoms. The van der Waals surface area contributed by atoms with Gasteiger partial charge in [-0.25, -0.2) is 0 Å². The molecule has 2 aliphatic heterocycles. The van der Waals surface area contributed by atoms with Crippen LogP contribution in [0.3, 0.4) is 0 Å². The molecule has 0 aromatic heterocycles. The van der Waals surface area contributed by atoms with Gasteiger partial charge in [-0.05, 0) is 103 Å². The molecule has 2 rings (SSSR count). The van der Waals surface area contributed by atoms with E-state index in [1.165, 1.54) is 9.80 Å². The lowest BCUT2D eigenvalue weighted by atomic mass is 10.2. The van der Waals surface area contributed by atoms with Gasteiger partial charge in [0.15, 0.2) is 6.61 Å². The van der Waals surface area contributed by atoms with Crippen molar-refractivity contribution in [3.8, 4) is 0 Å². The first-order valence-corrected chi connectivity index (χ1v) is 26.6. The molecule has 2 heterocycles. The zero-order chi connectivity index (χ0) is 54.2. The van der Waals surface area contributed by atoms with Gasteiger partial charge in [-0.15, -0.1) is 11.6 Å². The Morgan fingerprint density at radius 3 is 1.15 bits per heavy atom. The molecule has 2 fully saturated rings. The molecular formula is C58H85ClN4O10. The fourth-order valence-corrected chi connectivity index (χ4v) is 7.03. The first-order valence-electron chi connectivity index (χ1n) is 26.1. The lowest BCUT2D eigenvalue weighted by Crippen LogP contribution is -2.49. The second-order valence-electron chi connectivity index (χ2n) is 16.7. The Kier molecular flexibility index (Phi) is 42.9. The third-order valence-electron chi connectivity index (χ3n) is 10.7. The normalized spacial score (nSPS) is 15.0. The van der Waals surface area contributed by atoms with E-state index in [0.717, 1.165) is 70.6 Å². The number of allylic oxidation sites excluding steroid dienone is 20. The van der Waals surface area contributed by atoms with E-state index in [9.17, 15) is 38.4 Å². The Hall–Kier alpha value is -6.15. The number of likely N-dealkylation sites (tertiary alicyclic amines) is 2. The summed E-state index contributed by atoms with van der Waals surface area (Å²) >= 11 is 5.29. The summed E-state index contributed by atoms with van der Waals surface area (Å²) < 4.78 is 4.94. The zero-order valence-corrected chi connectivity index (χ0v) is 44.8. The standard InChI is InChI=1S/C29H42N2O5.C19H28O2.C10H15ClN2O3/c1-3-5-6-7-8-9-10-11-12-13-14-15-16-17-18-19-22-28(34)36-24-26(32)30-29(35)25(4-2)31-23-20-21-27(31)33;1-2-3-4-5-6-7-8-9-10-11-12-13-14-15-16-17-18-19(20)21;1-2-7(10(16)12-8(14)6-11)13-5-3-4-9(13)15/h5-6,8-9,11-12,14-15,17-18,25H,3-4,7,10,13,16,19-24H2,1-2H3,(H,30,32,35);3-4,6-7,9-10,12-13,15-16H,2,5,8,11,14,17-18H2,1H3,(H,20,21);7H,2-6H2,1H3,(H,12,14,16)/b6-5-,9-8-,12-11-,15-14-,18-17-;4-3-,7-6-,10-9-,13-12-,16-15-;/t25-;;7-/m0.0/s1. The lowest BCUT2D eigenvalue weighted by Gasteiger charge is -2.25. The van der Waals surface area contributed by atoms with Gasteiger partial charge in [-0.2, -0.15) is 0 Å². The van der Waals surface area contributed by atoms with Crippen LogP contribution in [0.25, 0.3) is 0 Å². The number of carboxylic acid groups (broad SMARTS) is 1. The Bertz CT molecular complexity index is 1940. The molecule has 0 spiro atoms. The smallest absolute Gasteiger partial charge is 0.306 e. The van der Waals surface area contributed by atoms with Crippen LogP contribution < -0.4 is 10.6 Å². The quantitative estimate of drug-likeness (QED) is 0.0323. The molecule has 0 unspecified atom stereocenters. The molecule has 2 aliphatic rings. The maximum absolute atomic E-state index is 12.3. The summed E-state index contributed by atoms with van der Waals surface area (Å²) in [7, 11) is 0. The summed E-state index contributed by atoms with van der Waals surface area (Å²) in [5, 5.41) is 12.9. The van der Waals surface area contributed by atoms with Crippen LogP contribution >= 0.6 is 11.6 Å². The number of halogens is 1. The molecule has 15 heteroatoms. The van der Waals surface area contributed by atoms with Gasteiger partial charge >= 0.3 is 11.9 Å². The number of hydrogen-bond acceptors (Lipinski definition) is 9. The van der Waals surface area contributed by atoms with Crippen LogP contribution in [-0.2, 0) is 43.1 Å². The van der Waals surface area contributed by atoms with Crippen molar-refractivity contribution in [2.24, 2.45) is 0 Å². The third-order valence-corrected chi connectivity index (χ3v) is 11.0. The second-order valence-corrected chi connectivity index (χ2v) is 17.0. The first kappa shape index (κ1) is 66.9. The number of carbonyl (C=O) groups is 8. The highest BCUT2D eigenvalue weighted by Gasteiger charge is 2.33. The Balaban J connectivity index is 0.00000118. The van der Waals surface area contributed by atoms with Gasteiger partial charge in [0.05, 0.1) is 0 Å². The molecule has 2 atom stereocenters. The summed E-state index contributed by atoms with van der Waals surface area (Å²) in [4.78, 5) is 95.4. The zero-order valence-electron chi connectivity index (χ0n) is 44.1. The maximum atomic E-state index is 12.3. The molecule has 404 valence electrons. The molecular weight excluding hydrogens is 948 g/mol. The minimum absolute atomic E-state index is 0.0275. The molecule has 0 aliphatic carbocycles. The van der Waals surface area contributed by atoms with Crippen molar-refractivity contribution >= 4 is 59.0 Å². The molecule has 0 aromatic carbocycles. The summed E-state index contributed by atoms with van der Waals surface area (Å²) in [5.41, 5.74) is 0. The van der Waals surface area contributed by atoms with Crippen LogP contribution in [-0.4, -0.2) is 99.9 Å². The van der Waals surface area contributed by atoms with Crippen molar-refractivity contribution in [3.05, 3.63) is 122 Å². The molecule has 3 N–H and O–H groups in total. The van der Waals surface area contributed by atoms with E-state index in [1.54, 1.807) is 13.8 Å². The fraction of sp³-hybridized carbons (Fsp3) is 0.517. The summed E-state index contributed by atoms with van der Waals surface area (Å²) in [6, 6.07) is -1.22. The number of rotatable bonds is 33. The Morgan fingerprint density at radius 1 is 0.521 bits per heavy atom. The maximum Gasteiger partial charge on any atom is 0.306 e. The van der Waals surface area contributed by atoms with Crippen molar-refractivity contribution in [2.45, 2.75) is 168 Å². The van der Waals surface area contributed by atoms with Crippen LogP contribution in [0.15, 0.2) is 122 Å². The van der Waals surface area contributed by atoms with Crippen LogP contribution in [0.1, 0.15) is 156 Å². The monoisotopic (exact) mass is 1030 g/mol. The van der Waals surface area contributed by atoms with Crippen molar-refractivity contribution in [2.75, 3.05) is 25.6 Å². The number of ether oxygens (including phenoxy) is 1. The number of carboxylic acids is 1. The SMILES string of the molecule is CC/C=C\C/C=C\C/C=C\C/C=C\C/C=C\CCC(=O)O.CC/C=C\C/C=C\C/C=C\C/C=C\C/C=C\CCC(=O)OCC(=O)NC(=O)[C@H](CC)N1CCCC1=O.CC[C@@H](C(=O)NC(=O)CCl)N1CCCC1=O. The molecule has 2 saturated heterocycles. The highest BCUT2D eigenvalue weighted by Crippen LogP contribution is 2.17. The van der Waals surface area contributed by atoms with Gasteiger partial charge in [0, 0.05) is 38.8 Å². The van der Waals surface area contributed by atoms with Crippen LogP contribution in [0.4, 0.5) is 0 Å². The molecule has 6 amide bonds. The van der Waals surface area contributed by atoms with E-state index < -0.39 is 54.3 Å². The average molecular weight is 1030 g/mol. The Labute approximate surface area is 441 Å². The number of alkyl halides is 1. The lowest BCUT2D eigenvalue weighted by molar-refractivity contribution is -0.150.